The fraction of sp³-hybridized carbons (Fsp3) is 0.250. The number of carbonyl (C=O) groups is 2. The van der Waals surface area contributed by atoms with Crippen LogP contribution in [-0.4, -0.2) is 34.0 Å². The van der Waals surface area contributed by atoms with Gasteiger partial charge in [0.1, 0.15) is 11.6 Å². The first-order valence-corrected chi connectivity index (χ1v) is 11.8. The van der Waals surface area contributed by atoms with Crippen LogP contribution >= 0.6 is 0 Å². The summed E-state index contributed by atoms with van der Waals surface area (Å²) in [7, 11) is 0. The zero-order valence-corrected chi connectivity index (χ0v) is 21.1. The van der Waals surface area contributed by atoms with Gasteiger partial charge in [-0.1, -0.05) is 17.7 Å². The van der Waals surface area contributed by atoms with Gasteiger partial charge in [-0.15, -0.1) is 0 Å². The monoisotopic (exact) mass is 504 g/mol. The molecule has 194 valence electrons. The van der Waals surface area contributed by atoms with E-state index in [1.807, 2.05) is 26.8 Å². The largest absolute Gasteiger partial charge is 0.491 e. The van der Waals surface area contributed by atoms with Crippen LogP contribution in [0, 0.1) is 12.3 Å². The number of hydrogen-bond acceptors (Lipinski definition) is 6. The molecule has 0 aromatic heterocycles. The van der Waals surface area contributed by atoms with Crippen LogP contribution in [0.25, 0.3) is 0 Å². The summed E-state index contributed by atoms with van der Waals surface area (Å²) in [6.45, 7) is 5.56. The van der Waals surface area contributed by atoms with Gasteiger partial charge in [0.25, 0.3) is 5.91 Å². The van der Waals surface area contributed by atoms with Gasteiger partial charge >= 0.3 is 5.97 Å². The van der Waals surface area contributed by atoms with Crippen LogP contribution in [0.2, 0.25) is 0 Å². The zero-order chi connectivity index (χ0) is 27.1. The first-order valence-electron chi connectivity index (χ1n) is 11.8. The summed E-state index contributed by atoms with van der Waals surface area (Å²) in [5.74, 6) is -0.979. The van der Waals surface area contributed by atoms with Gasteiger partial charge in [0, 0.05) is 29.0 Å². The van der Waals surface area contributed by atoms with Gasteiger partial charge in [0.05, 0.1) is 24.7 Å². The van der Waals surface area contributed by atoms with Gasteiger partial charge in [0.15, 0.2) is 0 Å². The number of aliphatic hydroxyl groups is 1. The molecule has 3 rings (SSSR count). The average Bonchev–Trinajstić information content (AvgIpc) is 2.84. The molecule has 3 aromatic rings. The van der Waals surface area contributed by atoms with Crippen LogP contribution in [0.5, 0.6) is 5.75 Å². The highest BCUT2D eigenvalue weighted by Crippen LogP contribution is 2.29. The summed E-state index contributed by atoms with van der Waals surface area (Å²) in [5, 5.41) is 32.9. The molecule has 7 N–H and O–H groups in total. The molecule has 37 heavy (non-hydrogen) atoms. The molecule has 1 amide bonds. The van der Waals surface area contributed by atoms with Gasteiger partial charge in [-0.25, -0.2) is 0 Å². The van der Waals surface area contributed by atoms with Crippen molar-refractivity contribution in [1.82, 2.24) is 0 Å². The summed E-state index contributed by atoms with van der Waals surface area (Å²) in [6.07, 6.45) is -0.429. The Morgan fingerprint density at radius 2 is 1.78 bits per heavy atom. The SMILES string of the molecule is Cc1ccc(NCc2cc(CO)cc(OC(C)C)c2CC(=O)O)c(C(=O)Nc2ccc(C(=N)N)cc2)c1. The molecule has 3 aromatic carbocycles. The van der Waals surface area contributed by atoms with Crippen molar-refractivity contribution < 1.29 is 24.5 Å². The second kappa shape index (κ2) is 12.0. The minimum absolute atomic E-state index is 0.0578. The number of carbonyl (C=O) groups excluding carboxylic acids is 1. The first-order chi connectivity index (χ1) is 17.6. The van der Waals surface area contributed by atoms with E-state index in [0.29, 0.717) is 44.9 Å². The molecule has 0 atom stereocenters. The maximum atomic E-state index is 13.2. The van der Waals surface area contributed by atoms with Crippen LogP contribution in [0.3, 0.4) is 0 Å². The summed E-state index contributed by atoms with van der Waals surface area (Å²) >= 11 is 0. The van der Waals surface area contributed by atoms with E-state index in [9.17, 15) is 19.8 Å². The average molecular weight is 505 g/mol. The van der Waals surface area contributed by atoms with E-state index < -0.39 is 5.97 Å². The van der Waals surface area contributed by atoms with Gasteiger partial charge in [-0.05, 0) is 74.4 Å². The van der Waals surface area contributed by atoms with E-state index in [0.717, 1.165) is 5.56 Å². The highest BCUT2D eigenvalue weighted by molar-refractivity contribution is 6.08. The normalized spacial score (nSPS) is 10.7. The third-order valence-electron chi connectivity index (χ3n) is 5.58. The summed E-state index contributed by atoms with van der Waals surface area (Å²) < 4.78 is 5.86. The predicted molar refractivity (Wildman–Crippen MR) is 143 cm³/mol. The molecular weight excluding hydrogens is 472 g/mol. The Labute approximate surface area is 215 Å². The molecule has 0 radical (unpaired) electrons. The molecule has 9 heteroatoms. The molecule has 0 saturated heterocycles. The van der Waals surface area contributed by atoms with Crippen molar-refractivity contribution >= 4 is 29.1 Å². The number of benzene rings is 3. The van der Waals surface area contributed by atoms with E-state index in [2.05, 4.69) is 10.6 Å². The van der Waals surface area contributed by atoms with Crippen molar-refractivity contribution in [2.45, 2.75) is 46.4 Å². The smallest absolute Gasteiger partial charge is 0.307 e. The van der Waals surface area contributed by atoms with Crippen LogP contribution in [-0.2, 0) is 24.4 Å². The minimum atomic E-state index is -1.00. The van der Waals surface area contributed by atoms with E-state index in [4.69, 9.17) is 15.9 Å². The van der Waals surface area contributed by atoms with Crippen molar-refractivity contribution in [1.29, 1.82) is 5.41 Å². The van der Waals surface area contributed by atoms with E-state index in [1.54, 1.807) is 48.5 Å². The standard InChI is InChI=1S/C28H32N4O5/c1-16(2)37-25-12-18(15-33)11-20(22(25)13-26(34)35)14-31-24-9-4-17(3)10-23(24)28(36)32-21-7-5-19(6-8-21)27(29)30/h4-12,16,31,33H,13-15H2,1-3H3,(H3,29,30)(H,32,36)(H,34,35). The molecule has 0 saturated carbocycles. The molecule has 0 aliphatic carbocycles. The van der Waals surface area contributed by atoms with Gasteiger partial charge in [0.2, 0.25) is 0 Å². The number of nitrogen functional groups attached to an aromatic ring is 1. The number of carboxylic acid groups (broad SMARTS) is 1. The van der Waals surface area contributed by atoms with Crippen molar-refractivity contribution in [2.24, 2.45) is 5.73 Å². The fourth-order valence-corrected chi connectivity index (χ4v) is 3.85. The lowest BCUT2D eigenvalue weighted by Gasteiger charge is -2.20. The molecule has 9 nitrogen and oxygen atoms in total. The van der Waals surface area contributed by atoms with Crippen molar-refractivity contribution in [2.75, 3.05) is 10.6 Å². The number of nitrogens with one attached hydrogen (secondary N) is 3. The lowest BCUT2D eigenvalue weighted by atomic mass is 9.99. The number of aliphatic hydroxyl groups excluding tert-OH is 1. The minimum Gasteiger partial charge on any atom is -0.491 e. The fourth-order valence-electron chi connectivity index (χ4n) is 3.85. The Balaban J connectivity index is 1.90. The summed E-state index contributed by atoms with van der Waals surface area (Å²) in [4.78, 5) is 24.8. The maximum absolute atomic E-state index is 13.2. The quantitative estimate of drug-likeness (QED) is 0.170. The van der Waals surface area contributed by atoms with Crippen LogP contribution in [0.1, 0.15) is 52.0 Å². The predicted octanol–water partition coefficient (Wildman–Crippen LogP) is 4.05. The Morgan fingerprint density at radius 3 is 2.38 bits per heavy atom. The molecule has 0 fully saturated rings. The number of aliphatic carboxylic acids is 1. The van der Waals surface area contributed by atoms with Crippen LogP contribution in [0.4, 0.5) is 11.4 Å². The number of amides is 1. The number of hydrogen-bond donors (Lipinski definition) is 6. The molecular formula is C28H32N4O5. The van der Waals surface area contributed by atoms with Gasteiger partial charge in [-0.3, -0.25) is 15.0 Å². The molecule has 0 spiro atoms. The number of carboxylic acids is 1. The number of aryl methyl sites for hydroxylation is 1. The number of rotatable bonds is 11. The molecule has 0 aliphatic heterocycles. The molecule has 0 aliphatic rings. The van der Waals surface area contributed by atoms with Crippen molar-refractivity contribution in [3.63, 3.8) is 0 Å². The topological polar surface area (TPSA) is 158 Å². The Kier molecular flexibility index (Phi) is 8.86. The van der Waals surface area contributed by atoms with Crippen LogP contribution < -0.4 is 21.1 Å². The third-order valence-corrected chi connectivity index (χ3v) is 5.58. The van der Waals surface area contributed by atoms with Gasteiger partial charge in [-0.2, -0.15) is 0 Å². The Bertz CT molecular complexity index is 1300. The Morgan fingerprint density at radius 1 is 1.08 bits per heavy atom. The number of ether oxygens (including phenoxy) is 1. The number of amidine groups is 1. The van der Waals surface area contributed by atoms with Crippen LogP contribution in [0.15, 0.2) is 54.6 Å². The zero-order valence-electron chi connectivity index (χ0n) is 21.1. The molecule has 0 heterocycles. The highest BCUT2D eigenvalue weighted by atomic mass is 16.5. The summed E-state index contributed by atoms with van der Waals surface area (Å²) in [5.41, 5.74) is 10.2. The summed E-state index contributed by atoms with van der Waals surface area (Å²) in [6, 6.07) is 15.5. The highest BCUT2D eigenvalue weighted by Gasteiger charge is 2.18. The van der Waals surface area contributed by atoms with Crippen molar-refractivity contribution in [3.05, 3.63) is 88.0 Å². The van der Waals surface area contributed by atoms with E-state index in [-0.39, 0.29) is 37.4 Å². The first kappa shape index (κ1) is 27.2. The number of anilines is 2. The Hall–Kier alpha value is -4.37. The molecule has 0 bridgehead atoms. The lowest BCUT2D eigenvalue weighted by molar-refractivity contribution is -0.136. The lowest BCUT2D eigenvalue weighted by Crippen LogP contribution is -2.17. The third kappa shape index (κ3) is 7.31. The van der Waals surface area contributed by atoms with Crippen molar-refractivity contribution in [3.8, 4) is 5.75 Å². The second-order valence-electron chi connectivity index (χ2n) is 8.97. The van der Waals surface area contributed by atoms with Gasteiger partial charge < -0.3 is 31.3 Å². The molecule has 0 unspecified atom stereocenters. The second-order valence-corrected chi connectivity index (χ2v) is 8.97. The van der Waals surface area contributed by atoms with E-state index in [1.165, 1.54) is 0 Å². The van der Waals surface area contributed by atoms with E-state index >= 15 is 0 Å². The number of nitrogens with two attached hydrogens (primary N) is 1. The maximum Gasteiger partial charge on any atom is 0.307 e.